The van der Waals surface area contributed by atoms with E-state index in [1.54, 1.807) is 0 Å². The largest absolute Gasteiger partial charge is 0.392 e. The molecule has 0 aromatic heterocycles. The lowest BCUT2D eigenvalue weighted by atomic mass is 9.73. The van der Waals surface area contributed by atoms with E-state index < -0.39 is 12.1 Å². The summed E-state index contributed by atoms with van der Waals surface area (Å²) in [5.74, 6) is 2.81. The number of likely N-dealkylation sites (tertiary alicyclic amines) is 1. The third-order valence-electron chi connectivity index (χ3n) is 9.68. The molecular weight excluding hydrogens is 359 g/mol. The Balaban J connectivity index is 1.41. The molecule has 0 aromatic rings. The second-order valence-electron chi connectivity index (χ2n) is 11.1. The highest BCUT2D eigenvalue weighted by Gasteiger charge is 2.59. The minimum atomic E-state index is -4.01. The van der Waals surface area contributed by atoms with Crippen LogP contribution in [0.25, 0.3) is 0 Å². The van der Waals surface area contributed by atoms with Gasteiger partial charge in [0.1, 0.15) is 0 Å². The quantitative estimate of drug-likeness (QED) is 0.503. The van der Waals surface area contributed by atoms with Gasteiger partial charge in [-0.1, -0.05) is 39.0 Å². The predicted molar refractivity (Wildman–Crippen MR) is 106 cm³/mol. The van der Waals surface area contributed by atoms with Gasteiger partial charge in [-0.25, -0.2) is 0 Å². The van der Waals surface area contributed by atoms with Gasteiger partial charge in [-0.2, -0.15) is 13.2 Å². The van der Waals surface area contributed by atoms with Crippen LogP contribution in [0, 0.1) is 41.4 Å². The smallest absolute Gasteiger partial charge is 0.296 e. The normalized spacial score (nSPS) is 49.5. The Labute approximate surface area is 168 Å². The van der Waals surface area contributed by atoms with Crippen LogP contribution in [-0.2, 0) is 0 Å². The monoisotopic (exact) mass is 397 g/mol. The van der Waals surface area contributed by atoms with E-state index in [1.165, 1.54) is 51.4 Å². The van der Waals surface area contributed by atoms with Gasteiger partial charge >= 0.3 is 6.18 Å². The number of halogens is 3. The molecule has 4 heteroatoms. The Kier molecular flexibility index (Phi) is 5.25. The van der Waals surface area contributed by atoms with Crippen molar-refractivity contribution in [3.63, 3.8) is 0 Å². The highest BCUT2D eigenvalue weighted by Crippen LogP contribution is 2.58. The fourth-order valence-corrected chi connectivity index (χ4v) is 8.59. The van der Waals surface area contributed by atoms with Gasteiger partial charge in [0, 0.05) is 18.6 Å². The number of hydrogen-bond donors (Lipinski definition) is 0. The van der Waals surface area contributed by atoms with Crippen LogP contribution in [0.4, 0.5) is 13.2 Å². The maximum atomic E-state index is 13.8. The van der Waals surface area contributed by atoms with E-state index in [1.807, 2.05) is 0 Å². The lowest BCUT2D eigenvalue weighted by Gasteiger charge is -2.43. The zero-order valence-corrected chi connectivity index (χ0v) is 17.5. The molecule has 1 aliphatic heterocycles. The van der Waals surface area contributed by atoms with E-state index in [0.717, 1.165) is 55.4 Å². The first-order valence-corrected chi connectivity index (χ1v) is 12.3. The summed E-state index contributed by atoms with van der Waals surface area (Å²) in [6.07, 6.45) is 9.58. The van der Waals surface area contributed by atoms with E-state index in [0.29, 0.717) is 18.5 Å². The lowest BCUT2D eigenvalue weighted by Crippen LogP contribution is -2.48. The molecule has 5 fully saturated rings. The summed E-state index contributed by atoms with van der Waals surface area (Å²) >= 11 is 0. The molecule has 9 unspecified atom stereocenters. The highest BCUT2D eigenvalue weighted by atomic mass is 19.4. The van der Waals surface area contributed by atoms with Gasteiger partial charge in [0.15, 0.2) is 0 Å². The van der Waals surface area contributed by atoms with Crippen LogP contribution in [0.15, 0.2) is 0 Å². The van der Waals surface area contributed by atoms with Crippen molar-refractivity contribution in [2.75, 3.05) is 6.54 Å². The summed E-state index contributed by atoms with van der Waals surface area (Å²) in [5.41, 5.74) is 0. The SMILES string of the molecule is CC1CCC2C(C1)C1CC3CCCCC3C1N2CC1CCCCC1C(F)(F)F. The zero-order chi connectivity index (χ0) is 19.5. The third kappa shape index (κ3) is 3.34. The van der Waals surface area contributed by atoms with Crippen LogP contribution in [-0.4, -0.2) is 29.7 Å². The Morgan fingerprint density at radius 3 is 2.36 bits per heavy atom. The van der Waals surface area contributed by atoms with Gasteiger partial charge in [-0.05, 0) is 80.5 Å². The first-order valence-electron chi connectivity index (χ1n) is 12.3. The molecule has 160 valence electrons. The molecule has 0 radical (unpaired) electrons. The van der Waals surface area contributed by atoms with Crippen molar-refractivity contribution in [3.05, 3.63) is 0 Å². The van der Waals surface area contributed by atoms with Crippen LogP contribution >= 0.6 is 0 Å². The second kappa shape index (κ2) is 7.46. The van der Waals surface area contributed by atoms with Gasteiger partial charge in [-0.15, -0.1) is 0 Å². The Bertz CT molecular complexity index is 561. The predicted octanol–water partition coefficient (Wildman–Crippen LogP) is 6.67. The van der Waals surface area contributed by atoms with Crippen LogP contribution in [0.5, 0.6) is 0 Å². The molecule has 28 heavy (non-hydrogen) atoms. The first kappa shape index (κ1) is 19.7. The number of rotatable bonds is 2. The molecule has 1 heterocycles. The van der Waals surface area contributed by atoms with Crippen molar-refractivity contribution >= 4 is 0 Å². The van der Waals surface area contributed by atoms with Gasteiger partial charge < -0.3 is 0 Å². The van der Waals surface area contributed by atoms with Gasteiger partial charge in [0.05, 0.1) is 5.92 Å². The Morgan fingerprint density at radius 1 is 0.786 bits per heavy atom. The lowest BCUT2D eigenvalue weighted by molar-refractivity contribution is -0.199. The average molecular weight is 398 g/mol. The molecule has 1 saturated heterocycles. The summed E-state index contributed by atoms with van der Waals surface area (Å²) in [4.78, 5) is 2.71. The summed E-state index contributed by atoms with van der Waals surface area (Å²) in [6, 6.07) is 1.20. The first-order chi connectivity index (χ1) is 13.4. The van der Waals surface area contributed by atoms with Crippen LogP contribution in [0.2, 0.25) is 0 Å². The van der Waals surface area contributed by atoms with E-state index in [9.17, 15) is 13.2 Å². The maximum Gasteiger partial charge on any atom is 0.392 e. The highest BCUT2D eigenvalue weighted by molar-refractivity contribution is 5.10. The van der Waals surface area contributed by atoms with Crippen molar-refractivity contribution in [2.45, 2.75) is 102 Å². The molecule has 1 nitrogen and oxygen atoms in total. The fraction of sp³-hybridized carbons (Fsp3) is 1.00. The third-order valence-corrected chi connectivity index (χ3v) is 9.68. The standard InChI is InChI=1S/C24H38F3N/c1-15-10-11-22-19(12-15)20-13-16-6-2-4-8-18(16)23(20)28(22)14-17-7-3-5-9-21(17)24(25,26)27/h15-23H,2-14H2,1H3. The van der Waals surface area contributed by atoms with E-state index in [4.69, 9.17) is 0 Å². The summed E-state index contributed by atoms with van der Waals surface area (Å²) < 4.78 is 41.3. The van der Waals surface area contributed by atoms with Crippen molar-refractivity contribution in [1.82, 2.24) is 4.90 Å². The van der Waals surface area contributed by atoms with Crippen molar-refractivity contribution in [1.29, 1.82) is 0 Å². The molecule has 4 saturated carbocycles. The van der Waals surface area contributed by atoms with Crippen LogP contribution in [0.1, 0.15) is 84.0 Å². The molecule has 0 spiro atoms. The molecule has 0 bridgehead atoms. The van der Waals surface area contributed by atoms with E-state index >= 15 is 0 Å². The maximum absolute atomic E-state index is 13.8. The van der Waals surface area contributed by atoms with E-state index in [2.05, 4.69) is 11.8 Å². The molecule has 4 aliphatic carbocycles. The molecule has 0 amide bonds. The number of hydrogen-bond acceptors (Lipinski definition) is 1. The minimum absolute atomic E-state index is 0.157. The zero-order valence-electron chi connectivity index (χ0n) is 17.5. The molecule has 9 atom stereocenters. The molecule has 5 rings (SSSR count). The molecule has 5 aliphatic rings. The molecule has 0 aromatic carbocycles. The van der Waals surface area contributed by atoms with Crippen molar-refractivity contribution in [2.24, 2.45) is 41.4 Å². The van der Waals surface area contributed by atoms with E-state index in [-0.39, 0.29) is 5.92 Å². The number of nitrogens with zero attached hydrogens (tertiary/aromatic N) is 1. The second-order valence-corrected chi connectivity index (χ2v) is 11.1. The summed E-state index contributed by atoms with van der Waals surface area (Å²) in [6.45, 7) is 3.14. The topological polar surface area (TPSA) is 3.24 Å². The van der Waals surface area contributed by atoms with Gasteiger partial charge in [0.25, 0.3) is 0 Å². The number of alkyl halides is 3. The summed E-state index contributed by atoms with van der Waals surface area (Å²) in [7, 11) is 0. The van der Waals surface area contributed by atoms with Crippen LogP contribution < -0.4 is 0 Å². The fourth-order valence-electron chi connectivity index (χ4n) is 8.59. The van der Waals surface area contributed by atoms with Gasteiger partial charge in [0.2, 0.25) is 0 Å². The van der Waals surface area contributed by atoms with Crippen molar-refractivity contribution in [3.8, 4) is 0 Å². The van der Waals surface area contributed by atoms with Crippen molar-refractivity contribution < 1.29 is 13.2 Å². The summed E-state index contributed by atoms with van der Waals surface area (Å²) in [5, 5.41) is 0. The number of fused-ring (bicyclic) bond motifs is 5. The Hall–Kier alpha value is -0.250. The minimum Gasteiger partial charge on any atom is -0.296 e. The molecule has 0 N–H and O–H groups in total. The Morgan fingerprint density at radius 2 is 1.54 bits per heavy atom. The molecular formula is C24H38F3N. The van der Waals surface area contributed by atoms with Crippen LogP contribution in [0.3, 0.4) is 0 Å². The van der Waals surface area contributed by atoms with Gasteiger partial charge in [-0.3, -0.25) is 4.90 Å². The average Bonchev–Trinajstić information content (AvgIpc) is 3.17.